The number of hydrogen-bond acceptors (Lipinski definition) is 14. The number of fused-ring (bicyclic) bond motifs is 3. The number of rotatable bonds is 9. The number of pyridine rings is 9. The van der Waals surface area contributed by atoms with Crippen LogP contribution in [0.15, 0.2) is 183 Å². The largest absolute Gasteiger partial charge is 0.514 e. The van der Waals surface area contributed by atoms with E-state index in [0.717, 1.165) is 78.7 Å². The molecule has 0 N–H and O–H groups in total. The molecule has 13 heterocycles. The molecule has 1 aliphatic rings. The molecule has 1 aliphatic heterocycles. The molecule has 0 radical (unpaired) electrons. The van der Waals surface area contributed by atoms with Crippen molar-refractivity contribution in [3.63, 3.8) is 0 Å². The Kier molecular flexibility index (Phi) is 16.9. The lowest BCUT2D eigenvalue weighted by Crippen LogP contribution is -2.41. The molecule has 0 aliphatic carbocycles. The van der Waals surface area contributed by atoms with Crippen LogP contribution in [-0.4, -0.2) is 97.7 Å². The van der Waals surface area contributed by atoms with Gasteiger partial charge in [0.05, 0.1) is 98.1 Å². The van der Waals surface area contributed by atoms with Crippen LogP contribution in [0, 0.1) is 19.7 Å². The molecule has 418 valence electrons. The average Bonchev–Trinajstić information content (AvgIpc) is 3.31. The maximum atomic E-state index is 7.27. The summed E-state index contributed by atoms with van der Waals surface area (Å²) in [5.74, 6) is 3.07. The second kappa shape index (κ2) is 25.1. The number of imidazole rings is 3. The van der Waals surface area contributed by atoms with Gasteiger partial charge in [0.1, 0.15) is 5.15 Å². The predicted octanol–water partition coefficient (Wildman–Crippen LogP) is 13.0. The SMILES string of the molecule is COc1cccc(B2OC(C)(C)C(C)(C)O2)n1.[C-]#[N+]c1cnc2ccc(-c3cccnc3-c3cccc(OC)n3)cn12.[C-]#[N+]c1cnc2ccc(-c3cccnc3-c3cccc(OC)n3)cn12.[C-]#[N+]c1cnc2ccc(-c3cccnc3Cl)cn12. The van der Waals surface area contributed by atoms with Gasteiger partial charge in [0.15, 0.2) is 0 Å². The topological polar surface area (TPSA) is 188 Å². The first-order valence-electron chi connectivity index (χ1n) is 26.2. The van der Waals surface area contributed by atoms with Gasteiger partial charge in [-0.3, -0.25) is 9.97 Å². The Balaban J connectivity index is 0.000000128. The second-order valence-corrected chi connectivity index (χ2v) is 19.9. The number of halogens is 1. The van der Waals surface area contributed by atoms with Crippen LogP contribution in [0.1, 0.15) is 27.7 Å². The molecule has 0 bridgehead atoms. The number of nitrogens with zero attached hydrogens (tertiary/aromatic N) is 15. The maximum Gasteiger partial charge on any atom is 0.514 e. The van der Waals surface area contributed by atoms with Crippen molar-refractivity contribution in [3.05, 3.63) is 223 Å². The maximum absolute atomic E-state index is 7.27. The Morgan fingerprint density at radius 1 is 0.447 bits per heavy atom. The van der Waals surface area contributed by atoms with E-state index in [1.165, 1.54) is 0 Å². The summed E-state index contributed by atoms with van der Waals surface area (Å²) < 4.78 is 32.6. The van der Waals surface area contributed by atoms with Crippen molar-refractivity contribution >= 4 is 58.7 Å². The van der Waals surface area contributed by atoms with E-state index in [4.69, 9.17) is 54.8 Å². The fourth-order valence-corrected chi connectivity index (χ4v) is 9.10. The van der Waals surface area contributed by atoms with Gasteiger partial charge in [0.25, 0.3) is 17.5 Å². The van der Waals surface area contributed by atoms with Crippen LogP contribution < -0.4 is 19.8 Å². The molecule has 13 rings (SSSR count). The van der Waals surface area contributed by atoms with Crippen molar-refractivity contribution in [2.24, 2.45) is 0 Å². The molecular weight excluding hydrogens is 1090 g/mol. The van der Waals surface area contributed by atoms with E-state index >= 15 is 0 Å². The van der Waals surface area contributed by atoms with Crippen molar-refractivity contribution < 1.29 is 23.5 Å². The first-order chi connectivity index (χ1) is 41.2. The molecule has 0 amide bonds. The third-order valence-corrected chi connectivity index (χ3v) is 14.2. The van der Waals surface area contributed by atoms with E-state index in [0.29, 0.717) is 40.2 Å². The van der Waals surface area contributed by atoms with Gasteiger partial charge < -0.3 is 38.1 Å². The van der Waals surface area contributed by atoms with Crippen LogP contribution in [-0.2, 0) is 9.31 Å². The Bertz CT molecular complexity index is 4330. The highest BCUT2D eigenvalue weighted by atomic mass is 35.5. The molecule has 0 atom stereocenters. The highest BCUT2D eigenvalue weighted by Crippen LogP contribution is 2.37. The molecule has 0 saturated carbocycles. The van der Waals surface area contributed by atoms with Crippen LogP contribution in [0.4, 0.5) is 17.5 Å². The summed E-state index contributed by atoms with van der Waals surface area (Å²) in [5.41, 5.74) is 10.7. The average molecular weight is 1140 g/mol. The van der Waals surface area contributed by atoms with Crippen molar-refractivity contribution in [2.75, 3.05) is 21.3 Å². The molecule has 22 heteroatoms. The smallest absolute Gasteiger partial charge is 0.481 e. The minimum atomic E-state index is -0.435. The van der Waals surface area contributed by atoms with Gasteiger partial charge in [-0.05, 0) is 88.4 Å². The first kappa shape index (κ1) is 57.4. The lowest BCUT2D eigenvalue weighted by Gasteiger charge is -2.32. The summed E-state index contributed by atoms with van der Waals surface area (Å²) in [4.78, 5) is 49.4. The lowest BCUT2D eigenvalue weighted by molar-refractivity contribution is 0.00578. The molecule has 0 aromatic carbocycles. The molecule has 0 unspecified atom stereocenters. The van der Waals surface area contributed by atoms with Crippen molar-refractivity contribution in [1.29, 1.82) is 0 Å². The highest BCUT2D eigenvalue weighted by Gasteiger charge is 2.52. The minimum Gasteiger partial charge on any atom is -0.481 e. The standard InChI is InChI=1S/2C19H13N5O.C13H7ClN4.C12H18BNO3/c2*1-20-17-11-22-16-9-8-13(12-24(16)17)14-5-4-10-21-19(14)15-6-3-7-18(23-15)25-2;1-15-12-7-17-11-5-4-9(8-18(11)12)10-3-2-6-16-13(10)14;1-11(2)12(3,4)17-13(16-11)9-7-6-8-10(14-9)15-5/h2*3-12H,2H3;2-8H;6-8H,1-5H3. The molecule has 1 saturated heterocycles. The van der Waals surface area contributed by atoms with E-state index in [-0.39, 0.29) is 11.2 Å². The Morgan fingerprint density at radius 2 is 0.824 bits per heavy atom. The fraction of sp³-hybridized carbons (Fsp3) is 0.143. The monoisotopic (exact) mass is 1140 g/mol. The second-order valence-electron chi connectivity index (χ2n) is 19.6. The molecule has 12 aromatic heterocycles. The summed E-state index contributed by atoms with van der Waals surface area (Å²) in [6.07, 6.45) is 15.5. The summed E-state index contributed by atoms with van der Waals surface area (Å²) in [7, 11) is 4.33. The molecule has 1 fully saturated rings. The highest BCUT2D eigenvalue weighted by molar-refractivity contribution is 6.61. The zero-order chi connectivity index (χ0) is 59.7. The molecular formula is C63H51BClN15O5. The van der Waals surface area contributed by atoms with Gasteiger partial charge in [0.2, 0.25) is 34.6 Å². The van der Waals surface area contributed by atoms with Crippen LogP contribution in [0.2, 0.25) is 5.15 Å². The molecule has 20 nitrogen and oxygen atoms in total. The quantitative estimate of drug-likeness (QED) is 0.0754. The molecule has 85 heavy (non-hydrogen) atoms. The third kappa shape index (κ3) is 12.3. The third-order valence-electron chi connectivity index (χ3n) is 13.9. The van der Waals surface area contributed by atoms with Gasteiger partial charge in [-0.2, -0.15) is 0 Å². The zero-order valence-corrected chi connectivity index (χ0v) is 47.8. The van der Waals surface area contributed by atoms with E-state index in [1.54, 1.807) is 89.9 Å². The first-order valence-corrected chi connectivity index (χ1v) is 26.6. The normalized spacial score (nSPS) is 12.7. The lowest BCUT2D eigenvalue weighted by atomic mass is 9.84. The zero-order valence-electron chi connectivity index (χ0n) is 47.0. The van der Waals surface area contributed by atoms with Gasteiger partial charge in [-0.15, -0.1) is 0 Å². The van der Waals surface area contributed by atoms with E-state index in [2.05, 4.69) is 59.4 Å². The van der Waals surface area contributed by atoms with Crippen molar-refractivity contribution in [1.82, 2.24) is 58.1 Å². The summed E-state index contributed by atoms with van der Waals surface area (Å²) in [6, 6.07) is 39.7. The van der Waals surface area contributed by atoms with Crippen molar-refractivity contribution in [3.8, 4) is 73.8 Å². The van der Waals surface area contributed by atoms with Gasteiger partial charge in [-0.25, -0.2) is 48.1 Å². The van der Waals surface area contributed by atoms with Crippen LogP contribution in [0.25, 0.3) is 87.6 Å². The summed E-state index contributed by atoms with van der Waals surface area (Å²) >= 11 is 6.06. The number of ether oxygens (including phenoxy) is 3. The van der Waals surface area contributed by atoms with Crippen molar-refractivity contribution in [2.45, 2.75) is 38.9 Å². The number of hydrogen-bond donors (Lipinski definition) is 0. The molecule has 12 aromatic rings. The van der Waals surface area contributed by atoms with E-state index in [9.17, 15) is 0 Å². The Morgan fingerprint density at radius 3 is 1.22 bits per heavy atom. The van der Waals surface area contributed by atoms with E-state index in [1.807, 2.05) is 155 Å². The van der Waals surface area contributed by atoms with Crippen LogP contribution in [0.3, 0.4) is 0 Å². The number of aromatic nitrogens is 12. The predicted molar refractivity (Wildman–Crippen MR) is 325 cm³/mol. The van der Waals surface area contributed by atoms with Crippen LogP contribution >= 0.6 is 11.6 Å². The van der Waals surface area contributed by atoms with E-state index < -0.39 is 7.12 Å². The Labute approximate surface area is 494 Å². The molecule has 0 spiro atoms. The Hall–Kier alpha value is -10.9. The fourth-order valence-electron chi connectivity index (χ4n) is 8.88. The summed E-state index contributed by atoms with van der Waals surface area (Å²) in [5, 5.41) is 0.446. The minimum absolute atomic E-state index is 0.345. The van der Waals surface area contributed by atoms with Gasteiger partial charge >= 0.3 is 7.12 Å². The number of methoxy groups -OCH3 is 3. The van der Waals surface area contributed by atoms with Crippen LogP contribution in [0.5, 0.6) is 17.6 Å². The van der Waals surface area contributed by atoms with Gasteiger partial charge in [-0.1, -0.05) is 61.6 Å². The van der Waals surface area contributed by atoms with Gasteiger partial charge in [0, 0.05) is 88.4 Å². The summed E-state index contributed by atoms with van der Waals surface area (Å²) in [6.45, 7) is 29.7.